The lowest BCUT2D eigenvalue weighted by molar-refractivity contribution is -0.139. The van der Waals surface area contributed by atoms with Gasteiger partial charge in [-0.3, -0.25) is 4.79 Å². The van der Waals surface area contributed by atoms with Gasteiger partial charge in [0.05, 0.1) is 12.7 Å². The number of amides is 1. The molecule has 0 radical (unpaired) electrons. The Morgan fingerprint density at radius 1 is 1.00 bits per heavy atom. The predicted octanol–water partition coefficient (Wildman–Crippen LogP) is 4.79. The number of hydrogen-bond donors (Lipinski definition) is 3. The molecule has 0 saturated carbocycles. The molecule has 0 saturated heterocycles. The third-order valence-corrected chi connectivity index (χ3v) is 5.63. The van der Waals surface area contributed by atoms with Gasteiger partial charge in [0, 0.05) is 24.7 Å². The fraction of sp³-hybridized carbons (Fsp3) is 0.345. The van der Waals surface area contributed by atoms with E-state index in [0.29, 0.717) is 23.7 Å². The van der Waals surface area contributed by atoms with Crippen molar-refractivity contribution in [3.05, 3.63) is 83.0 Å². The number of carboxylic acids is 1. The molecule has 0 unspecified atom stereocenters. The number of hydrogen-bond acceptors (Lipinski definition) is 6. The van der Waals surface area contributed by atoms with Crippen molar-refractivity contribution in [3.63, 3.8) is 0 Å². The molecule has 8 heteroatoms. The van der Waals surface area contributed by atoms with E-state index in [1.165, 1.54) is 0 Å². The number of rotatable bonds is 13. The molecule has 1 aromatic heterocycles. The first-order chi connectivity index (χ1) is 17.7. The molecular weight excluding hydrogens is 470 g/mol. The number of aromatic nitrogens is 1. The van der Waals surface area contributed by atoms with Gasteiger partial charge in [-0.2, -0.15) is 0 Å². The van der Waals surface area contributed by atoms with Gasteiger partial charge >= 0.3 is 5.97 Å². The van der Waals surface area contributed by atoms with Crippen LogP contribution in [0.5, 0.6) is 11.5 Å². The van der Waals surface area contributed by atoms with Gasteiger partial charge in [0.15, 0.2) is 0 Å². The zero-order valence-electron chi connectivity index (χ0n) is 21.8. The minimum absolute atomic E-state index is 0.0147. The predicted molar refractivity (Wildman–Crippen MR) is 144 cm³/mol. The second-order valence-corrected chi connectivity index (χ2v) is 9.15. The van der Waals surface area contributed by atoms with Gasteiger partial charge in [0.2, 0.25) is 0 Å². The minimum atomic E-state index is -1.09. The first kappa shape index (κ1) is 27.5. The Hall–Kier alpha value is -4.07. The number of benzene rings is 2. The van der Waals surface area contributed by atoms with Gasteiger partial charge < -0.3 is 25.2 Å². The zero-order chi connectivity index (χ0) is 26.8. The normalized spacial score (nSPS) is 11.6. The van der Waals surface area contributed by atoms with Gasteiger partial charge in [-0.15, -0.1) is 0 Å². The maximum absolute atomic E-state index is 13.0. The Balaban J connectivity index is 1.53. The Bertz CT molecular complexity index is 1160. The van der Waals surface area contributed by atoms with Crippen LogP contribution in [0.4, 0.5) is 5.82 Å². The minimum Gasteiger partial charge on any atom is -0.494 e. The lowest BCUT2D eigenvalue weighted by Crippen LogP contribution is -2.42. The quantitative estimate of drug-likeness (QED) is 0.287. The Labute approximate surface area is 218 Å². The standard InChI is InChI=1S/C29H35N3O5/c1-19(2)37-24-16-20(3)27(21(4)17-24)28(33)32-25(29(34)35)18-22-9-11-23(12-10-22)36-15-7-14-31-26-8-5-6-13-30-26/h5-6,8-13,16-17,19,25H,7,14-15,18H2,1-4H3,(H,30,31)(H,32,33)(H,34,35)/t25-/m0/s1. The second kappa shape index (κ2) is 13.3. The molecule has 37 heavy (non-hydrogen) atoms. The topological polar surface area (TPSA) is 110 Å². The van der Waals surface area contributed by atoms with Crippen molar-refractivity contribution < 1.29 is 24.2 Å². The van der Waals surface area contributed by atoms with Crippen LogP contribution in [-0.2, 0) is 11.2 Å². The van der Waals surface area contributed by atoms with Crippen molar-refractivity contribution in [2.75, 3.05) is 18.5 Å². The summed E-state index contributed by atoms with van der Waals surface area (Å²) in [4.78, 5) is 29.1. The Kier molecular flexibility index (Phi) is 9.89. The number of anilines is 1. The highest BCUT2D eigenvalue weighted by Crippen LogP contribution is 2.23. The molecule has 3 aromatic rings. The second-order valence-electron chi connectivity index (χ2n) is 9.15. The molecule has 0 aliphatic rings. The number of ether oxygens (including phenoxy) is 2. The lowest BCUT2D eigenvalue weighted by atomic mass is 10.00. The third-order valence-electron chi connectivity index (χ3n) is 5.63. The first-order valence-electron chi connectivity index (χ1n) is 12.4. The summed E-state index contributed by atoms with van der Waals surface area (Å²) in [5, 5.41) is 15.7. The van der Waals surface area contributed by atoms with E-state index in [0.717, 1.165) is 35.5 Å². The summed E-state index contributed by atoms with van der Waals surface area (Å²) >= 11 is 0. The Morgan fingerprint density at radius 3 is 2.30 bits per heavy atom. The molecule has 3 N–H and O–H groups in total. The number of pyridine rings is 1. The van der Waals surface area contributed by atoms with Crippen molar-refractivity contribution in [3.8, 4) is 11.5 Å². The molecule has 0 fully saturated rings. The lowest BCUT2D eigenvalue weighted by Gasteiger charge is -2.18. The maximum atomic E-state index is 13.0. The van der Waals surface area contributed by atoms with Crippen LogP contribution < -0.4 is 20.1 Å². The first-order valence-corrected chi connectivity index (χ1v) is 12.4. The number of carbonyl (C=O) groups is 2. The largest absolute Gasteiger partial charge is 0.494 e. The van der Waals surface area contributed by atoms with E-state index in [2.05, 4.69) is 15.6 Å². The molecule has 2 aromatic carbocycles. The summed E-state index contributed by atoms with van der Waals surface area (Å²) < 4.78 is 11.5. The summed E-state index contributed by atoms with van der Waals surface area (Å²) in [6.45, 7) is 8.78. The Morgan fingerprint density at radius 2 is 1.70 bits per heavy atom. The van der Waals surface area contributed by atoms with Crippen LogP contribution in [0.15, 0.2) is 60.8 Å². The summed E-state index contributed by atoms with van der Waals surface area (Å²) in [5.74, 6) is 0.701. The molecule has 196 valence electrons. The smallest absolute Gasteiger partial charge is 0.326 e. The monoisotopic (exact) mass is 505 g/mol. The van der Waals surface area contributed by atoms with E-state index in [9.17, 15) is 14.7 Å². The number of nitrogens with one attached hydrogen (secondary N) is 2. The van der Waals surface area contributed by atoms with E-state index >= 15 is 0 Å². The molecule has 0 bridgehead atoms. The molecule has 1 heterocycles. The van der Waals surface area contributed by atoms with Crippen LogP contribution in [-0.4, -0.2) is 47.3 Å². The highest BCUT2D eigenvalue weighted by atomic mass is 16.5. The summed E-state index contributed by atoms with van der Waals surface area (Å²) in [7, 11) is 0. The number of aryl methyl sites for hydroxylation is 2. The van der Waals surface area contributed by atoms with Crippen LogP contribution in [0.25, 0.3) is 0 Å². The molecule has 0 aliphatic carbocycles. The number of carbonyl (C=O) groups excluding carboxylic acids is 1. The molecule has 3 rings (SSSR count). The van der Waals surface area contributed by atoms with Crippen molar-refractivity contribution in [2.24, 2.45) is 0 Å². The molecule has 1 atom stereocenters. The number of nitrogens with zero attached hydrogens (tertiary/aromatic N) is 1. The van der Waals surface area contributed by atoms with Crippen molar-refractivity contribution in [1.82, 2.24) is 10.3 Å². The fourth-order valence-corrected chi connectivity index (χ4v) is 3.96. The molecule has 0 spiro atoms. The number of carboxylic acid groups (broad SMARTS) is 1. The van der Waals surface area contributed by atoms with Gasteiger partial charge in [-0.1, -0.05) is 18.2 Å². The van der Waals surface area contributed by atoms with Crippen LogP contribution >= 0.6 is 0 Å². The number of aliphatic carboxylic acids is 1. The summed E-state index contributed by atoms with van der Waals surface area (Å²) in [6, 6.07) is 15.5. The van der Waals surface area contributed by atoms with Crippen LogP contribution in [0, 0.1) is 13.8 Å². The molecular formula is C29H35N3O5. The molecule has 0 aliphatic heterocycles. The van der Waals surface area contributed by atoms with Gasteiger partial charge in [0.25, 0.3) is 5.91 Å². The van der Waals surface area contributed by atoms with Gasteiger partial charge in [-0.05, 0) is 87.2 Å². The SMILES string of the molecule is Cc1cc(OC(C)C)cc(C)c1C(=O)N[C@@H](Cc1ccc(OCCCNc2ccccn2)cc1)C(=O)O. The molecule has 8 nitrogen and oxygen atoms in total. The van der Waals surface area contributed by atoms with E-state index in [1.54, 1.807) is 18.3 Å². The van der Waals surface area contributed by atoms with E-state index in [4.69, 9.17) is 9.47 Å². The van der Waals surface area contributed by atoms with Crippen molar-refractivity contribution >= 4 is 17.7 Å². The highest BCUT2D eigenvalue weighted by Gasteiger charge is 2.23. The van der Waals surface area contributed by atoms with Gasteiger partial charge in [-0.25, -0.2) is 9.78 Å². The fourth-order valence-electron chi connectivity index (χ4n) is 3.96. The van der Waals surface area contributed by atoms with Crippen molar-refractivity contribution in [1.29, 1.82) is 0 Å². The molecule has 1 amide bonds. The van der Waals surface area contributed by atoms with E-state index in [1.807, 2.05) is 70.2 Å². The summed E-state index contributed by atoms with van der Waals surface area (Å²) in [6.07, 6.45) is 2.71. The van der Waals surface area contributed by atoms with Crippen LogP contribution in [0.1, 0.15) is 47.3 Å². The van der Waals surface area contributed by atoms with Crippen LogP contribution in [0.2, 0.25) is 0 Å². The summed E-state index contributed by atoms with van der Waals surface area (Å²) in [5.41, 5.74) is 2.71. The average molecular weight is 506 g/mol. The highest BCUT2D eigenvalue weighted by molar-refractivity contribution is 5.99. The van der Waals surface area contributed by atoms with Crippen LogP contribution in [0.3, 0.4) is 0 Å². The maximum Gasteiger partial charge on any atom is 0.326 e. The van der Waals surface area contributed by atoms with Gasteiger partial charge in [0.1, 0.15) is 23.4 Å². The third kappa shape index (κ3) is 8.52. The van der Waals surface area contributed by atoms with Crippen molar-refractivity contribution in [2.45, 2.75) is 52.7 Å². The average Bonchev–Trinajstić information content (AvgIpc) is 2.84. The zero-order valence-corrected chi connectivity index (χ0v) is 21.8. The van der Waals surface area contributed by atoms with E-state index in [-0.39, 0.29) is 12.5 Å². The van der Waals surface area contributed by atoms with E-state index < -0.39 is 17.9 Å².